The van der Waals surface area contributed by atoms with Gasteiger partial charge in [-0.1, -0.05) is 17.7 Å². The van der Waals surface area contributed by atoms with Gasteiger partial charge in [0.25, 0.3) is 5.91 Å². The normalized spacial score (nSPS) is 11.0. The van der Waals surface area contributed by atoms with E-state index in [2.05, 4.69) is 10.3 Å². The van der Waals surface area contributed by atoms with E-state index in [9.17, 15) is 4.79 Å². The van der Waals surface area contributed by atoms with E-state index < -0.39 is 0 Å². The number of fused-ring (bicyclic) bond motifs is 1. The molecule has 3 heterocycles. The molecule has 0 bridgehead atoms. The second-order valence-electron chi connectivity index (χ2n) is 6.11. The lowest BCUT2D eigenvalue weighted by Crippen LogP contribution is -2.14. The average Bonchev–Trinajstić information content (AvgIpc) is 3.19. The molecule has 0 atom stereocenters. The number of hydrogen-bond donors (Lipinski definition) is 1. The number of anilines is 1. The van der Waals surface area contributed by atoms with Crippen LogP contribution in [0.15, 0.2) is 59.1 Å². The van der Waals surface area contributed by atoms with Crippen molar-refractivity contribution >= 4 is 29.0 Å². The second-order valence-corrected chi connectivity index (χ2v) is 6.55. The number of rotatable bonds is 3. The predicted octanol–water partition coefficient (Wildman–Crippen LogP) is 5.12. The third-order valence-corrected chi connectivity index (χ3v) is 4.33. The summed E-state index contributed by atoms with van der Waals surface area (Å²) in [4.78, 5) is 17.3. The SMILES string of the molecule is Cc1ccc2nc(-c3ccc(C)o3)c(NC(=O)c3ccc(Cl)cc3)n2c1. The van der Waals surface area contributed by atoms with Crippen molar-refractivity contribution in [1.82, 2.24) is 9.38 Å². The number of nitrogens with zero attached hydrogens (tertiary/aromatic N) is 2. The van der Waals surface area contributed by atoms with Crippen LogP contribution in [0, 0.1) is 13.8 Å². The highest BCUT2D eigenvalue weighted by Gasteiger charge is 2.19. The zero-order valence-electron chi connectivity index (χ0n) is 14.3. The minimum Gasteiger partial charge on any atom is -0.460 e. The first-order valence-electron chi connectivity index (χ1n) is 8.14. The molecule has 26 heavy (non-hydrogen) atoms. The lowest BCUT2D eigenvalue weighted by molar-refractivity contribution is 0.102. The molecule has 4 aromatic rings. The maximum absolute atomic E-state index is 12.7. The number of aromatic nitrogens is 2. The second kappa shape index (κ2) is 6.35. The van der Waals surface area contributed by atoms with E-state index in [-0.39, 0.29) is 5.91 Å². The van der Waals surface area contributed by atoms with Gasteiger partial charge in [-0.3, -0.25) is 9.20 Å². The maximum Gasteiger partial charge on any atom is 0.256 e. The summed E-state index contributed by atoms with van der Waals surface area (Å²) in [5.41, 5.74) is 2.88. The molecule has 0 saturated heterocycles. The van der Waals surface area contributed by atoms with E-state index in [1.54, 1.807) is 24.3 Å². The van der Waals surface area contributed by atoms with Crippen LogP contribution in [0.1, 0.15) is 21.7 Å². The van der Waals surface area contributed by atoms with Crippen molar-refractivity contribution in [3.8, 4) is 11.5 Å². The summed E-state index contributed by atoms with van der Waals surface area (Å²) in [5, 5.41) is 3.54. The van der Waals surface area contributed by atoms with Gasteiger partial charge in [-0.15, -0.1) is 0 Å². The quantitative estimate of drug-likeness (QED) is 0.548. The lowest BCUT2D eigenvalue weighted by atomic mass is 10.2. The highest BCUT2D eigenvalue weighted by atomic mass is 35.5. The Bertz CT molecular complexity index is 1110. The first-order chi connectivity index (χ1) is 12.5. The minimum atomic E-state index is -0.241. The first kappa shape index (κ1) is 16.4. The van der Waals surface area contributed by atoms with Crippen molar-refractivity contribution in [2.45, 2.75) is 13.8 Å². The van der Waals surface area contributed by atoms with Crippen molar-refractivity contribution in [1.29, 1.82) is 0 Å². The minimum absolute atomic E-state index is 0.241. The molecule has 3 aromatic heterocycles. The Balaban J connectivity index is 1.82. The summed E-state index contributed by atoms with van der Waals surface area (Å²) >= 11 is 5.90. The standard InChI is InChI=1S/C20H16ClN3O2/c1-12-3-10-17-22-18(16-9-4-13(2)26-16)19(24(17)11-12)23-20(25)14-5-7-15(21)8-6-14/h3-11H,1-2H3,(H,23,25). The van der Waals surface area contributed by atoms with Crippen LogP contribution in [0.25, 0.3) is 17.1 Å². The Kier molecular flexibility index (Phi) is 4.01. The van der Waals surface area contributed by atoms with Gasteiger partial charge in [-0.25, -0.2) is 4.98 Å². The van der Waals surface area contributed by atoms with Crippen molar-refractivity contribution in [3.63, 3.8) is 0 Å². The zero-order chi connectivity index (χ0) is 18.3. The largest absolute Gasteiger partial charge is 0.460 e. The number of pyridine rings is 1. The van der Waals surface area contributed by atoms with Gasteiger partial charge in [0.05, 0.1) is 0 Å². The zero-order valence-corrected chi connectivity index (χ0v) is 15.0. The fourth-order valence-corrected chi connectivity index (χ4v) is 2.91. The number of halogens is 1. The maximum atomic E-state index is 12.7. The molecule has 1 amide bonds. The van der Waals surface area contributed by atoms with Crippen LogP contribution in [-0.4, -0.2) is 15.3 Å². The monoisotopic (exact) mass is 365 g/mol. The van der Waals surface area contributed by atoms with Crippen LogP contribution in [-0.2, 0) is 0 Å². The third kappa shape index (κ3) is 2.97. The van der Waals surface area contributed by atoms with Crippen LogP contribution in [0.4, 0.5) is 5.82 Å². The van der Waals surface area contributed by atoms with Crippen LogP contribution in [0.5, 0.6) is 0 Å². The summed E-state index contributed by atoms with van der Waals surface area (Å²) in [6.07, 6.45) is 1.93. The number of aryl methyl sites for hydroxylation is 2. The van der Waals surface area contributed by atoms with E-state index in [0.717, 1.165) is 17.0 Å². The van der Waals surface area contributed by atoms with Gasteiger partial charge >= 0.3 is 0 Å². The summed E-state index contributed by atoms with van der Waals surface area (Å²) in [6, 6.07) is 14.3. The van der Waals surface area contributed by atoms with E-state index >= 15 is 0 Å². The van der Waals surface area contributed by atoms with E-state index in [1.807, 2.05) is 48.7 Å². The number of furan rings is 1. The van der Waals surface area contributed by atoms with E-state index in [1.165, 1.54) is 0 Å². The molecule has 0 radical (unpaired) electrons. The van der Waals surface area contributed by atoms with Gasteiger partial charge in [0, 0.05) is 16.8 Å². The molecule has 1 N–H and O–H groups in total. The number of nitrogens with one attached hydrogen (secondary N) is 1. The predicted molar refractivity (Wildman–Crippen MR) is 102 cm³/mol. The molecule has 4 rings (SSSR count). The Morgan fingerprint density at radius 1 is 1.08 bits per heavy atom. The van der Waals surface area contributed by atoms with E-state index in [0.29, 0.717) is 27.9 Å². The molecule has 0 aliphatic carbocycles. The molecule has 0 aliphatic heterocycles. The van der Waals surface area contributed by atoms with E-state index in [4.69, 9.17) is 16.0 Å². The molecule has 0 unspecified atom stereocenters. The molecule has 0 saturated carbocycles. The average molecular weight is 366 g/mol. The number of benzene rings is 1. The Labute approximate surface area is 155 Å². The molecule has 0 aliphatic rings. The molecular weight excluding hydrogens is 350 g/mol. The van der Waals surface area contributed by atoms with Crippen LogP contribution in [0.2, 0.25) is 5.02 Å². The van der Waals surface area contributed by atoms with Gasteiger partial charge in [0.2, 0.25) is 0 Å². The Morgan fingerprint density at radius 2 is 1.85 bits per heavy atom. The molecule has 130 valence electrons. The van der Waals surface area contributed by atoms with Crippen LogP contribution < -0.4 is 5.32 Å². The van der Waals surface area contributed by atoms with Crippen LogP contribution in [0.3, 0.4) is 0 Å². The third-order valence-electron chi connectivity index (χ3n) is 4.08. The first-order valence-corrected chi connectivity index (χ1v) is 8.51. The Morgan fingerprint density at radius 3 is 2.54 bits per heavy atom. The molecule has 1 aromatic carbocycles. The molecule has 0 fully saturated rings. The smallest absolute Gasteiger partial charge is 0.256 e. The van der Waals surface area contributed by atoms with Gasteiger partial charge in [0.1, 0.15) is 22.9 Å². The van der Waals surface area contributed by atoms with Crippen LogP contribution >= 0.6 is 11.6 Å². The number of hydrogen-bond acceptors (Lipinski definition) is 3. The fraction of sp³-hybridized carbons (Fsp3) is 0.100. The number of carbonyl (C=O) groups is 1. The lowest BCUT2D eigenvalue weighted by Gasteiger charge is -2.07. The van der Waals surface area contributed by atoms with Crippen molar-refractivity contribution < 1.29 is 9.21 Å². The van der Waals surface area contributed by atoms with Gasteiger partial charge in [0.15, 0.2) is 5.76 Å². The van der Waals surface area contributed by atoms with Gasteiger partial charge in [-0.05, 0) is 61.9 Å². The molecule has 0 spiro atoms. The Hall–Kier alpha value is -3.05. The van der Waals surface area contributed by atoms with Crippen molar-refractivity contribution in [2.75, 3.05) is 5.32 Å². The highest BCUT2D eigenvalue weighted by Crippen LogP contribution is 2.31. The van der Waals surface area contributed by atoms with Gasteiger partial charge < -0.3 is 9.73 Å². The summed E-state index contributed by atoms with van der Waals surface area (Å²) in [6.45, 7) is 3.86. The van der Waals surface area contributed by atoms with Crippen molar-refractivity contribution in [3.05, 3.63) is 76.6 Å². The molecule has 6 heteroatoms. The summed E-state index contributed by atoms with van der Waals surface area (Å²) in [7, 11) is 0. The number of carbonyl (C=O) groups excluding carboxylic acids is 1. The topological polar surface area (TPSA) is 59.5 Å². The number of imidazole rings is 1. The fourth-order valence-electron chi connectivity index (χ4n) is 2.78. The molecular formula is C20H16ClN3O2. The van der Waals surface area contributed by atoms with Crippen molar-refractivity contribution in [2.24, 2.45) is 0 Å². The highest BCUT2D eigenvalue weighted by molar-refractivity contribution is 6.30. The molecule has 5 nitrogen and oxygen atoms in total. The number of amides is 1. The summed E-state index contributed by atoms with van der Waals surface area (Å²) in [5.74, 6) is 1.71. The summed E-state index contributed by atoms with van der Waals surface area (Å²) < 4.78 is 7.59. The van der Waals surface area contributed by atoms with Gasteiger partial charge in [-0.2, -0.15) is 0 Å².